The molecule has 10 heavy (non-hydrogen) atoms. The lowest BCUT2D eigenvalue weighted by Crippen LogP contribution is -1.98. The summed E-state index contributed by atoms with van der Waals surface area (Å²) in [6.45, 7) is -3.38. The highest BCUT2D eigenvalue weighted by Gasteiger charge is 2.13. The van der Waals surface area contributed by atoms with Gasteiger partial charge in [0, 0.05) is 0 Å². The second-order valence-corrected chi connectivity index (χ2v) is 4.99. The van der Waals surface area contributed by atoms with E-state index < -0.39 is 6.57 Å². The summed E-state index contributed by atoms with van der Waals surface area (Å²) in [5.74, 6) is 0. The molecule has 0 saturated heterocycles. The van der Waals surface area contributed by atoms with Crippen LogP contribution in [0.4, 0.5) is 0 Å². The molecule has 1 rings (SSSR count). The van der Waals surface area contributed by atoms with Crippen LogP contribution in [0.25, 0.3) is 0 Å². The molecule has 0 fully saturated rings. The van der Waals surface area contributed by atoms with E-state index in [0.717, 1.165) is 0 Å². The number of hydrogen-bond donors (Lipinski definition) is 2. The number of benzene rings is 1. The highest BCUT2D eigenvalue weighted by molar-refractivity contribution is 8.48. The third-order valence-corrected chi connectivity index (χ3v) is 2.56. The minimum absolute atomic E-state index is 0.248. The van der Waals surface area contributed by atoms with Gasteiger partial charge in [0.15, 0.2) is 0 Å². The molecule has 0 aliphatic carbocycles. The van der Waals surface area contributed by atoms with Crippen molar-refractivity contribution in [3.05, 3.63) is 30.3 Å². The highest BCUT2D eigenvalue weighted by atomic mass is 32.7. The minimum atomic E-state index is -3.38. The lowest BCUT2D eigenvalue weighted by molar-refractivity contribution is 0.508. The van der Waals surface area contributed by atoms with E-state index in [0.29, 0.717) is 0 Å². The van der Waals surface area contributed by atoms with E-state index in [2.05, 4.69) is 18.3 Å². The van der Waals surface area contributed by atoms with Crippen molar-refractivity contribution in [3.63, 3.8) is 0 Å². The van der Waals surface area contributed by atoms with Crippen molar-refractivity contribution in [1.82, 2.24) is 0 Å². The van der Waals surface area contributed by atoms with Crippen molar-refractivity contribution in [2.45, 2.75) is 0 Å². The van der Waals surface area contributed by atoms with Crippen LogP contribution in [0.2, 0.25) is 0 Å². The molecule has 0 aliphatic heterocycles. The third kappa shape index (κ3) is 1.87. The van der Waals surface area contributed by atoms with Crippen LogP contribution < -0.4 is 5.30 Å². The van der Waals surface area contributed by atoms with Crippen molar-refractivity contribution in [2.75, 3.05) is 0 Å². The Labute approximate surface area is 64.5 Å². The summed E-state index contributed by atoms with van der Waals surface area (Å²) in [5, 5.41) is 0.248. The van der Waals surface area contributed by atoms with Crippen LogP contribution in [0.1, 0.15) is 0 Å². The van der Waals surface area contributed by atoms with E-state index in [1.165, 1.54) is 6.07 Å². The molecule has 1 atom stereocenters. The normalized spacial score (nSPS) is 16.2. The second kappa shape index (κ2) is 2.79. The molecule has 2 nitrogen and oxygen atoms in total. The fraction of sp³-hybridized carbons (Fsp3) is 0. The molecule has 0 spiro atoms. The monoisotopic (exact) mass is 173 g/mol. The molecule has 1 aromatic rings. The van der Waals surface area contributed by atoms with Gasteiger partial charge in [-0.2, -0.15) is 0 Å². The first kappa shape index (κ1) is 7.86. The van der Waals surface area contributed by atoms with Crippen molar-refractivity contribution in [3.8, 4) is 0 Å². The topological polar surface area (TPSA) is 37.3 Å². The lowest BCUT2D eigenvalue weighted by Gasteiger charge is -2.00. The SMILES string of the molecule is O=P(O)(S)c1[c]cccc1. The Kier molecular flexibility index (Phi) is 2.19. The summed E-state index contributed by atoms with van der Waals surface area (Å²) < 4.78 is 10.8. The van der Waals surface area contributed by atoms with Crippen LogP contribution in [0.5, 0.6) is 0 Å². The van der Waals surface area contributed by atoms with Gasteiger partial charge in [0.25, 0.3) is 6.57 Å². The first-order valence-corrected chi connectivity index (χ1v) is 5.45. The Morgan fingerprint density at radius 3 is 2.60 bits per heavy atom. The summed E-state index contributed by atoms with van der Waals surface area (Å²) >= 11 is 3.52. The van der Waals surface area contributed by atoms with Crippen LogP contribution in [-0.2, 0) is 4.57 Å². The second-order valence-electron chi connectivity index (χ2n) is 1.79. The van der Waals surface area contributed by atoms with Gasteiger partial charge in [-0.15, -0.1) is 0 Å². The molecule has 1 radical (unpaired) electrons. The Hall–Kier alpha value is -0.240. The highest BCUT2D eigenvalue weighted by Crippen LogP contribution is 2.43. The van der Waals surface area contributed by atoms with Crippen molar-refractivity contribution < 1.29 is 9.46 Å². The number of thiol groups is 1. The van der Waals surface area contributed by atoms with Gasteiger partial charge in [0.05, 0.1) is 5.30 Å². The fourth-order valence-electron chi connectivity index (χ4n) is 0.565. The van der Waals surface area contributed by atoms with Gasteiger partial charge in [-0.3, -0.25) is 4.57 Å². The minimum Gasteiger partial charge on any atom is -0.334 e. The third-order valence-electron chi connectivity index (χ3n) is 1.01. The van der Waals surface area contributed by atoms with E-state index in [-0.39, 0.29) is 5.30 Å². The molecule has 0 amide bonds. The van der Waals surface area contributed by atoms with Crippen LogP contribution in [0.15, 0.2) is 24.3 Å². The van der Waals surface area contributed by atoms with Crippen molar-refractivity contribution >= 4 is 24.1 Å². The fourth-order valence-corrected chi connectivity index (χ4v) is 1.46. The molecule has 0 bridgehead atoms. The molecule has 0 aliphatic rings. The maximum absolute atomic E-state index is 10.8. The predicted molar refractivity (Wildman–Crippen MR) is 43.7 cm³/mol. The largest absolute Gasteiger partial charge is 0.334 e. The molecular formula is C6H6O2PS. The maximum atomic E-state index is 10.8. The Morgan fingerprint density at radius 2 is 2.30 bits per heavy atom. The molecule has 1 N–H and O–H groups in total. The van der Waals surface area contributed by atoms with Crippen LogP contribution in [0, 0.1) is 6.07 Å². The number of rotatable bonds is 1. The smallest absolute Gasteiger partial charge is 0.282 e. The molecule has 1 aromatic carbocycles. The van der Waals surface area contributed by atoms with Gasteiger partial charge >= 0.3 is 0 Å². The van der Waals surface area contributed by atoms with Gasteiger partial charge in [0.1, 0.15) is 0 Å². The zero-order valence-corrected chi connectivity index (χ0v) is 6.85. The summed E-state index contributed by atoms with van der Waals surface area (Å²) in [7, 11) is 0. The molecule has 0 heterocycles. The standard InChI is InChI=1S/C6H6O2PS/c7-9(8,10)6-4-2-1-3-5-6/h1-4H,(H2,7,8,10). The lowest BCUT2D eigenvalue weighted by atomic mass is 10.4. The summed E-state index contributed by atoms with van der Waals surface area (Å²) in [6.07, 6.45) is 0. The molecular weight excluding hydrogens is 167 g/mol. The first-order chi connectivity index (χ1) is 4.61. The predicted octanol–water partition coefficient (Wildman–Crippen LogP) is 1.23. The Bertz CT molecular complexity index is 254. The van der Waals surface area contributed by atoms with E-state index in [1.807, 2.05) is 0 Å². The Balaban J connectivity index is 3.09. The number of hydrogen-bond acceptors (Lipinski definition) is 1. The quantitative estimate of drug-likeness (QED) is 0.495. The van der Waals surface area contributed by atoms with E-state index in [4.69, 9.17) is 4.89 Å². The summed E-state index contributed by atoms with van der Waals surface area (Å²) in [5.41, 5.74) is 0. The van der Waals surface area contributed by atoms with Crippen molar-refractivity contribution in [2.24, 2.45) is 0 Å². The summed E-state index contributed by atoms with van der Waals surface area (Å²) in [4.78, 5) is 8.88. The molecule has 53 valence electrons. The molecule has 4 heteroatoms. The average molecular weight is 173 g/mol. The van der Waals surface area contributed by atoms with Gasteiger partial charge in [-0.25, -0.2) is 0 Å². The zero-order valence-electron chi connectivity index (χ0n) is 5.06. The van der Waals surface area contributed by atoms with Gasteiger partial charge in [-0.1, -0.05) is 30.4 Å². The average Bonchev–Trinajstić information content (AvgIpc) is 1.88. The van der Waals surface area contributed by atoms with Gasteiger partial charge in [-0.05, 0) is 12.1 Å². The van der Waals surface area contributed by atoms with Gasteiger partial charge in [0.2, 0.25) is 0 Å². The molecule has 0 saturated carbocycles. The zero-order chi connectivity index (χ0) is 7.61. The summed E-state index contributed by atoms with van der Waals surface area (Å²) in [6, 6.07) is 9.12. The van der Waals surface area contributed by atoms with Crippen molar-refractivity contribution in [1.29, 1.82) is 0 Å². The van der Waals surface area contributed by atoms with Crippen LogP contribution in [-0.4, -0.2) is 4.89 Å². The van der Waals surface area contributed by atoms with E-state index in [1.54, 1.807) is 18.2 Å². The van der Waals surface area contributed by atoms with E-state index >= 15 is 0 Å². The first-order valence-electron chi connectivity index (χ1n) is 2.63. The Morgan fingerprint density at radius 1 is 1.60 bits per heavy atom. The molecule has 0 aromatic heterocycles. The van der Waals surface area contributed by atoms with E-state index in [9.17, 15) is 4.57 Å². The van der Waals surface area contributed by atoms with Gasteiger partial charge < -0.3 is 4.89 Å². The van der Waals surface area contributed by atoms with Crippen LogP contribution >= 0.6 is 18.8 Å². The molecule has 1 unspecified atom stereocenters. The maximum Gasteiger partial charge on any atom is 0.282 e. The van der Waals surface area contributed by atoms with Crippen LogP contribution in [0.3, 0.4) is 0 Å².